The fourth-order valence-electron chi connectivity index (χ4n) is 1.92. The molecule has 0 spiro atoms. The van der Waals surface area contributed by atoms with Crippen molar-refractivity contribution in [1.82, 2.24) is 0 Å². The number of benzene rings is 2. The zero-order valence-electron chi connectivity index (χ0n) is 11.2. The molecule has 3 heteroatoms. The number of carbonyl (C=O) groups is 1. The third-order valence-electron chi connectivity index (χ3n) is 3.09. The molecule has 0 saturated carbocycles. The molecule has 0 aliphatic carbocycles. The summed E-state index contributed by atoms with van der Waals surface area (Å²) in [6, 6.07) is 9.70. The Morgan fingerprint density at radius 2 is 1.63 bits per heavy atom. The zero-order chi connectivity index (χ0) is 14.0. The molecule has 0 N–H and O–H groups in total. The smallest absolute Gasteiger partial charge is 0.193 e. The van der Waals surface area contributed by atoms with Crippen molar-refractivity contribution in [2.24, 2.45) is 0 Å². The van der Waals surface area contributed by atoms with Gasteiger partial charge in [-0.2, -0.15) is 0 Å². The fourth-order valence-corrected chi connectivity index (χ4v) is 1.92. The van der Waals surface area contributed by atoms with Crippen LogP contribution in [-0.4, -0.2) is 12.9 Å². The van der Waals surface area contributed by atoms with Crippen molar-refractivity contribution < 1.29 is 13.9 Å². The average molecular weight is 258 g/mol. The van der Waals surface area contributed by atoms with E-state index in [2.05, 4.69) is 0 Å². The van der Waals surface area contributed by atoms with Crippen molar-refractivity contribution in [2.75, 3.05) is 7.11 Å². The van der Waals surface area contributed by atoms with Gasteiger partial charge in [0.25, 0.3) is 0 Å². The molecule has 2 rings (SSSR count). The van der Waals surface area contributed by atoms with Gasteiger partial charge in [0.05, 0.1) is 7.11 Å². The van der Waals surface area contributed by atoms with Crippen LogP contribution in [-0.2, 0) is 0 Å². The van der Waals surface area contributed by atoms with Crippen LogP contribution in [0, 0.1) is 19.7 Å². The molecule has 0 fully saturated rings. The minimum atomic E-state index is -0.365. The number of hydrogen-bond acceptors (Lipinski definition) is 2. The maximum absolute atomic E-state index is 13.5. The van der Waals surface area contributed by atoms with Crippen LogP contribution in [0.4, 0.5) is 4.39 Å². The lowest BCUT2D eigenvalue weighted by molar-refractivity contribution is 0.103. The highest BCUT2D eigenvalue weighted by atomic mass is 19.1. The summed E-state index contributed by atoms with van der Waals surface area (Å²) < 4.78 is 18.6. The minimum absolute atomic E-state index is 0.190. The SMILES string of the molecule is COc1ccc(C(=O)c2ccc(C)c(F)c2)cc1C. The van der Waals surface area contributed by atoms with Crippen molar-refractivity contribution in [3.63, 3.8) is 0 Å². The first-order chi connectivity index (χ1) is 9.02. The van der Waals surface area contributed by atoms with Crippen molar-refractivity contribution >= 4 is 5.78 Å². The molecule has 98 valence electrons. The Hall–Kier alpha value is -2.16. The summed E-state index contributed by atoms with van der Waals surface area (Å²) >= 11 is 0. The van der Waals surface area contributed by atoms with Crippen LogP contribution >= 0.6 is 0 Å². The molecule has 0 aromatic heterocycles. The van der Waals surface area contributed by atoms with Gasteiger partial charge < -0.3 is 4.74 Å². The average Bonchev–Trinajstić information content (AvgIpc) is 2.41. The topological polar surface area (TPSA) is 26.3 Å². The van der Waals surface area contributed by atoms with E-state index < -0.39 is 0 Å². The standard InChI is InChI=1S/C16H15FO2/c1-10-4-5-13(9-14(10)17)16(18)12-6-7-15(19-3)11(2)8-12/h4-9H,1-3H3. The van der Waals surface area contributed by atoms with Crippen molar-refractivity contribution in [1.29, 1.82) is 0 Å². The lowest BCUT2D eigenvalue weighted by Crippen LogP contribution is -2.03. The zero-order valence-corrected chi connectivity index (χ0v) is 11.2. The summed E-state index contributed by atoms with van der Waals surface area (Å²) in [6.07, 6.45) is 0. The van der Waals surface area contributed by atoms with Crippen LogP contribution in [0.15, 0.2) is 36.4 Å². The van der Waals surface area contributed by atoms with Gasteiger partial charge in [-0.25, -0.2) is 4.39 Å². The molecular formula is C16H15FO2. The first kappa shape index (κ1) is 13.3. The van der Waals surface area contributed by atoms with Crippen LogP contribution in [0.25, 0.3) is 0 Å². The van der Waals surface area contributed by atoms with Crippen LogP contribution in [0.5, 0.6) is 5.75 Å². The molecule has 2 aromatic rings. The highest BCUT2D eigenvalue weighted by Crippen LogP contribution is 2.21. The molecule has 0 unspecified atom stereocenters. The van der Waals surface area contributed by atoms with Gasteiger partial charge in [-0.05, 0) is 49.2 Å². The predicted molar refractivity (Wildman–Crippen MR) is 72.3 cm³/mol. The Morgan fingerprint density at radius 3 is 2.21 bits per heavy atom. The van der Waals surface area contributed by atoms with Crippen LogP contribution in [0.3, 0.4) is 0 Å². The van der Waals surface area contributed by atoms with E-state index in [1.165, 1.54) is 6.07 Å². The van der Waals surface area contributed by atoms with Gasteiger partial charge in [0.15, 0.2) is 5.78 Å². The number of ketones is 1. The van der Waals surface area contributed by atoms with Crippen LogP contribution < -0.4 is 4.74 Å². The molecule has 0 atom stereocenters. The van der Waals surface area contributed by atoms with Crippen molar-refractivity contribution in [3.05, 3.63) is 64.5 Å². The Kier molecular flexibility index (Phi) is 3.65. The van der Waals surface area contributed by atoms with Gasteiger partial charge in [0.2, 0.25) is 0 Å². The first-order valence-electron chi connectivity index (χ1n) is 5.98. The van der Waals surface area contributed by atoms with E-state index in [0.717, 1.165) is 11.3 Å². The lowest BCUT2D eigenvalue weighted by atomic mass is 10.00. The summed E-state index contributed by atoms with van der Waals surface area (Å²) in [4.78, 5) is 12.3. The van der Waals surface area contributed by atoms with E-state index in [-0.39, 0.29) is 11.6 Å². The molecule has 2 nitrogen and oxygen atoms in total. The van der Waals surface area contributed by atoms with E-state index in [1.54, 1.807) is 44.4 Å². The number of methoxy groups -OCH3 is 1. The highest BCUT2D eigenvalue weighted by molar-refractivity contribution is 6.09. The Balaban J connectivity index is 2.38. The molecule has 0 bridgehead atoms. The molecule has 0 saturated heterocycles. The summed E-state index contributed by atoms with van der Waals surface area (Å²) in [5, 5.41) is 0. The molecule has 19 heavy (non-hydrogen) atoms. The number of ether oxygens (including phenoxy) is 1. The second-order valence-electron chi connectivity index (χ2n) is 4.48. The van der Waals surface area contributed by atoms with Gasteiger partial charge in [0.1, 0.15) is 11.6 Å². The first-order valence-corrected chi connectivity index (χ1v) is 5.98. The Bertz CT molecular complexity index is 633. The highest BCUT2D eigenvalue weighted by Gasteiger charge is 2.12. The van der Waals surface area contributed by atoms with Gasteiger partial charge in [0, 0.05) is 11.1 Å². The van der Waals surface area contributed by atoms with Crippen LogP contribution in [0.2, 0.25) is 0 Å². The summed E-state index contributed by atoms with van der Waals surface area (Å²) in [5.74, 6) is 0.173. The van der Waals surface area contributed by atoms with Gasteiger partial charge >= 0.3 is 0 Å². The second kappa shape index (κ2) is 5.22. The normalized spacial score (nSPS) is 10.3. The molecule has 2 aromatic carbocycles. The number of aryl methyl sites for hydroxylation is 2. The van der Waals surface area contributed by atoms with Gasteiger partial charge in [-0.15, -0.1) is 0 Å². The van der Waals surface area contributed by atoms with Gasteiger partial charge in [-0.3, -0.25) is 4.79 Å². The second-order valence-corrected chi connectivity index (χ2v) is 4.48. The van der Waals surface area contributed by atoms with E-state index in [0.29, 0.717) is 16.7 Å². The molecular weight excluding hydrogens is 243 g/mol. The van der Waals surface area contributed by atoms with Crippen molar-refractivity contribution in [2.45, 2.75) is 13.8 Å². The quantitative estimate of drug-likeness (QED) is 0.785. The maximum atomic E-state index is 13.5. The molecule has 0 aliphatic heterocycles. The largest absolute Gasteiger partial charge is 0.496 e. The number of rotatable bonds is 3. The third kappa shape index (κ3) is 2.65. The molecule has 0 aliphatic rings. The minimum Gasteiger partial charge on any atom is -0.496 e. The van der Waals surface area contributed by atoms with Crippen LogP contribution in [0.1, 0.15) is 27.0 Å². The third-order valence-corrected chi connectivity index (χ3v) is 3.09. The van der Waals surface area contributed by atoms with Crippen molar-refractivity contribution in [3.8, 4) is 5.75 Å². The molecule has 0 heterocycles. The lowest BCUT2D eigenvalue weighted by Gasteiger charge is -2.07. The number of carbonyl (C=O) groups excluding carboxylic acids is 1. The van der Waals surface area contributed by atoms with Gasteiger partial charge in [-0.1, -0.05) is 12.1 Å². The molecule has 0 radical (unpaired) electrons. The number of halogens is 1. The fraction of sp³-hybridized carbons (Fsp3) is 0.188. The van der Waals surface area contributed by atoms with E-state index in [9.17, 15) is 9.18 Å². The van der Waals surface area contributed by atoms with E-state index in [4.69, 9.17) is 4.74 Å². The Morgan fingerprint density at radius 1 is 1.00 bits per heavy atom. The maximum Gasteiger partial charge on any atom is 0.193 e. The monoisotopic (exact) mass is 258 g/mol. The number of hydrogen-bond donors (Lipinski definition) is 0. The summed E-state index contributed by atoms with van der Waals surface area (Å²) in [7, 11) is 1.58. The summed E-state index contributed by atoms with van der Waals surface area (Å²) in [5.41, 5.74) is 2.29. The van der Waals surface area contributed by atoms with E-state index in [1.807, 2.05) is 6.92 Å². The summed E-state index contributed by atoms with van der Waals surface area (Å²) in [6.45, 7) is 3.53. The predicted octanol–water partition coefficient (Wildman–Crippen LogP) is 3.68. The van der Waals surface area contributed by atoms with E-state index >= 15 is 0 Å². The molecule has 0 amide bonds. The Labute approximate surface area is 111 Å².